The summed E-state index contributed by atoms with van der Waals surface area (Å²) in [5.74, 6) is -1.49. The number of carbonyl (C=O) groups excluding carboxylic acids is 1. The summed E-state index contributed by atoms with van der Waals surface area (Å²) in [6.07, 6.45) is 7.09. The highest BCUT2D eigenvalue weighted by molar-refractivity contribution is 7.88. The van der Waals surface area contributed by atoms with Crippen LogP contribution in [0.15, 0.2) is 18.2 Å². The maximum Gasteiger partial charge on any atom is 0.227 e. The Morgan fingerprint density at radius 1 is 1.02 bits per heavy atom. The van der Waals surface area contributed by atoms with Gasteiger partial charge in [0.25, 0.3) is 0 Å². The van der Waals surface area contributed by atoms with Crippen molar-refractivity contribution in [3.63, 3.8) is 0 Å². The Labute approximate surface area is 246 Å². The van der Waals surface area contributed by atoms with Gasteiger partial charge in [-0.15, -0.1) is 0 Å². The van der Waals surface area contributed by atoms with Crippen LogP contribution in [0.5, 0.6) is 0 Å². The number of amides is 1. The normalized spacial score (nSPS) is 24.9. The minimum absolute atomic E-state index is 0.0271. The third kappa shape index (κ3) is 7.67. The Morgan fingerprint density at radius 2 is 1.66 bits per heavy atom. The van der Waals surface area contributed by atoms with Crippen LogP contribution in [0.2, 0.25) is 0 Å². The fraction of sp³-hybridized carbons (Fsp3) is 0.774. The van der Waals surface area contributed by atoms with Gasteiger partial charge in [-0.25, -0.2) is 17.2 Å². The molecule has 41 heavy (non-hydrogen) atoms. The zero-order valence-corrected chi connectivity index (χ0v) is 26.6. The van der Waals surface area contributed by atoms with Crippen molar-refractivity contribution < 1.29 is 22.0 Å². The summed E-state index contributed by atoms with van der Waals surface area (Å²) in [4.78, 5) is 20.6. The third-order valence-corrected chi connectivity index (χ3v) is 11.0. The molecule has 1 aliphatic carbocycles. The topological polar surface area (TPSA) is 64.2 Å². The van der Waals surface area contributed by atoms with E-state index in [1.165, 1.54) is 37.7 Å². The van der Waals surface area contributed by atoms with Gasteiger partial charge in [-0.05, 0) is 65.0 Å². The Bertz CT molecular complexity index is 1160. The molecule has 0 aromatic heterocycles. The van der Waals surface area contributed by atoms with E-state index < -0.39 is 27.6 Å². The third-order valence-electron chi connectivity index (χ3n) is 9.61. The van der Waals surface area contributed by atoms with Crippen LogP contribution in [-0.2, 0) is 14.8 Å². The SMILES string of the molecule is CC(C)N(CC(C1CCCCC1)N1CCN(C(=O)[C@@H]2CN(C(C)(C)C)C[C@H]2c2ccc(F)cc2F)CC1)S(C)(=O)=O. The molecule has 3 atom stereocenters. The predicted octanol–water partition coefficient (Wildman–Crippen LogP) is 4.54. The lowest BCUT2D eigenvalue weighted by molar-refractivity contribution is -0.138. The van der Waals surface area contributed by atoms with Gasteiger partial charge in [-0.3, -0.25) is 14.6 Å². The Kier molecular flexibility index (Phi) is 10.2. The first kappa shape index (κ1) is 32.3. The average molecular weight is 597 g/mol. The second-order valence-electron chi connectivity index (χ2n) is 13.7. The number of nitrogens with zero attached hydrogens (tertiary/aromatic N) is 4. The number of benzene rings is 1. The summed E-state index contributed by atoms with van der Waals surface area (Å²) < 4.78 is 55.6. The fourth-order valence-corrected chi connectivity index (χ4v) is 8.41. The highest BCUT2D eigenvalue weighted by Crippen LogP contribution is 2.39. The summed E-state index contributed by atoms with van der Waals surface area (Å²) in [5, 5.41) is 0. The van der Waals surface area contributed by atoms with Crippen LogP contribution in [-0.4, -0.2) is 103 Å². The number of hydrogen-bond donors (Lipinski definition) is 0. The van der Waals surface area contributed by atoms with E-state index in [1.54, 1.807) is 4.31 Å². The summed E-state index contributed by atoms with van der Waals surface area (Å²) in [6, 6.07) is 3.69. The largest absolute Gasteiger partial charge is 0.340 e. The van der Waals surface area contributed by atoms with E-state index in [9.17, 15) is 22.0 Å². The van der Waals surface area contributed by atoms with Gasteiger partial charge >= 0.3 is 0 Å². The fourth-order valence-electron chi connectivity index (χ4n) is 7.22. The lowest BCUT2D eigenvalue weighted by atomic mass is 9.82. The molecule has 3 fully saturated rings. The zero-order chi connectivity index (χ0) is 30.1. The lowest BCUT2D eigenvalue weighted by Gasteiger charge is -2.45. The summed E-state index contributed by atoms with van der Waals surface area (Å²) in [5.41, 5.74) is 0.222. The number of halogens is 2. The van der Waals surface area contributed by atoms with E-state index in [4.69, 9.17) is 0 Å². The highest BCUT2D eigenvalue weighted by atomic mass is 32.2. The molecule has 10 heteroatoms. The van der Waals surface area contributed by atoms with Crippen LogP contribution in [0.3, 0.4) is 0 Å². The molecular formula is C31H50F2N4O3S. The van der Waals surface area contributed by atoms with E-state index in [0.29, 0.717) is 57.3 Å². The molecule has 0 radical (unpaired) electrons. The Morgan fingerprint density at radius 3 is 2.20 bits per heavy atom. The molecule has 0 bridgehead atoms. The van der Waals surface area contributed by atoms with Crippen LogP contribution in [0.4, 0.5) is 8.78 Å². The lowest BCUT2D eigenvalue weighted by Crippen LogP contribution is -2.58. The number of piperazine rings is 1. The minimum atomic E-state index is -3.34. The average Bonchev–Trinajstić information content (AvgIpc) is 3.34. The first-order valence-corrected chi connectivity index (χ1v) is 17.2. The van der Waals surface area contributed by atoms with Crippen LogP contribution in [0, 0.1) is 23.5 Å². The Hall–Kier alpha value is -1.62. The molecule has 2 saturated heterocycles. The van der Waals surface area contributed by atoms with Crippen molar-refractivity contribution in [1.29, 1.82) is 0 Å². The molecule has 7 nitrogen and oxygen atoms in total. The van der Waals surface area contributed by atoms with E-state index >= 15 is 0 Å². The summed E-state index contributed by atoms with van der Waals surface area (Å²) in [7, 11) is -3.34. The molecule has 1 aromatic rings. The molecule has 1 saturated carbocycles. The van der Waals surface area contributed by atoms with E-state index in [-0.39, 0.29) is 29.4 Å². The van der Waals surface area contributed by atoms with Crippen molar-refractivity contribution in [3.8, 4) is 0 Å². The van der Waals surface area contributed by atoms with Gasteiger partial charge in [0.05, 0.1) is 12.2 Å². The molecule has 232 valence electrons. The van der Waals surface area contributed by atoms with Crippen LogP contribution >= 0.6 is 0 Å². The molecule has 4 rings (SSSR count). The minimum Gasteiger partial charge on any atom is -0.340 e. The Balaban J connectivity index is 1.50. The molecule has 2 aliphatic heterocycles. The standard InChI is InChI=1S/C31H50F2N4O3S/c1-22(2)37(41(6,39)40)21-29(23-10-8-7-9-11-23)34-14-16-35(17-15-34)30(38)27-20-36(31(3,4)5)19-26(27)25-13-12-24(32)18-28(25)33/h12-13,18,22-23,26-27,29H,7-11,14-17,19-21H2,1-6H3/t26-,27+,29?/m0/s1. The molecule has 0 N–H and O–H groups in total. The van der Waals surface area contributed by atoms with E-state index in [2.05, 4.69) is 30.6 Å². The number of likely N-dealkylation sites (tertiary alicyclic amines) is 1. The predicted molar refractivity (Wildman–Crippen MR) is 159 cm³/mol. The number of hydrogen-bond acceptors (Lipinski definition) is 5. The van der Waals surface area contributed by atoms with Crippen molar-refractivity contribution in [1.82, 2.24) is 19.0 Å². The first-order valence-electron chi connectivity index (χ1n) is 15.4. The number of rotatable bonds is 8. The molecule has 3 aliphatic rings. The number of carbonyl (C=O) groups is 1. The zero-order valence-electron chi connectivity index (χ0n) is 25.8. The quantitative estimate of drug-likeness (QED) is 0.441. The van der Waals surface area contributed by atoms with E-state index in [0.717, 1.165) is 18.9 Å². The van der Waals surface area contributed by atoms with Gasteiger partial charge in [-0.1, -0.05) is 25.3 Å². The van der Waals surface area contributed by atoms with Crippen molar-refractivity contribution in [2.45, 2.75) is 90.3 Å². The van der Waals surface area contributed by atoms with Crippen molar-refractivity contribution in [2.24, 2.45) is 11.8 Å². The van der Waals surface area contributed by atoms with Crippen molar-refractivity contribution in [3.05, 3.63) is 35.4 Å². The highest BCUT2D eigenvalue weighted by Gasteiger charge is 2.45. The van der Waals surface area contributed by atoms with Crippen LogP contribution in [0.25, 0.3) is 0 Å². The van der Waals surface area contributed by atoms with Crippen LogP contribution in [0.1, 0.15) is 78.2 Å². The van der Waals surface area contributed by atoms with Gasteiger partial charge in [-0.2, -0.15) is 4.31 Å². The van der Waals surface area contributed by atoms with Crippen molar-refractivity contribution >= 4 is 15.9 Å². The second-order valence-corrected chi connectivity index (χ2v) is 15.6. The van der Waals surface area contributed by atoms with Crippen molar-refractivity contribution in [2.75, 3.05) is 52.1 Å². The molecular weight excluding hydrogens is 546 g/mol. The van der Waals surface area contributed by atoms with Gasteiger partial charge in [0, 0.05) is 75.4 Å². The maximum absolute atomic E-state index is 14.9. The maximum atomic E-state index is 14.9. The van der Waals surface area contributed by atoms with Gasteiger partial charge in [0.1, 0.15) is 11.6 Å². The molecule has 2 heterocycles. The monoisotopic (exact) mass is 596 g/mol. The molecule has 1 amide bonds. The smallest absolute Gasteiger partial charge is 0.227 e. The second kappa shape index (κ2) is 12.9. The van der Waals surface area contributed by atoms with Crippen LogP contribution < -0.4 is 0 Å². The molecule has 0 spiro atoms. The van der Waals surface area contributed by atoms with Gasteiger partial charge in [0.2, 0.25) is 15.9 Å². The van der Waals surface area contributed by atoms with Gasteiger partial charge < -0.3 is 4.90 Å². The number of sulfonamides is 1. The summed E-state index contributed by atoms with van der Waals surface area (Å²) in [6.45, 7) is 14.2. The van der Waals surface area contributed by atoms with E-state index in [1.807, 2.05) is 18.7 Å². The molecule has 1 aromatic carbocycles. The van der Waals surface area contributed by atoms with Gasteiger partial charge in [0.15, 0.2) is 0 Å². The molecule has 1 unspecified atom stereocenters. The summed E-state index contributed by atoms with van der Waals surface area (Å²) >= 11 is 0. The first-order chi connectivity index (χ1) is 19.2.